The van der Waals surface area contributed by atoms with E-state index in [2.05, 4.69) is 5.32 Å². The van der Waals surface area contributed by atoms with Gasteiger partial charge in [-0.2, -0.15) is 0 Å². The molecule has 0 aliphatic rings. The molecule has 23 heavy (non-hydrogen) atoms. The number of hydrogen-bond acceptors (Lipinski definition) is 2. The highest BCUT2D eigenvalue weighted by atomic mass is 35.5. The molecule has 2 aromatic carbocycles. The number of anilines is 1. The van der Waals surface area contributed by atoms with Crippen LogP contribution in [0.25, 0.3) is 0 Å². The molecule has 1 N–H and O–H groups in total. The first-order valence-electron chi connectivity index (χ1n) is 7.32. The van der Waals surface area contributed by atoms with Crippen molar-refractivity contribution in [3.63, 3.8) is 0 Å². The predicted octanol–water partition coefficient (Wildman–Crippen LogP) is 3.61. The van der Waals surface area contributed by atoms with Gasteiger partial charge in [-0.05, 0) is 48.4 Å². The van der Waals surface area contributed by atoms with Crippen LogP contribution in [0.15, 0.2) is 48.5 Å². The average Bonchev–Trinajstić information content (AvgIpc) is 2.54. The van der Waals surface area contributed by atoms with Crippen LogP contribution in [-0.2, 0) is 11.2 Å². The van der Waals surface area contributed by atoms with Crippen molar-refractivity contribution >= 4 is 29.1 Å². The van der Waals surface area contributed by atoms with E-state index in [0.717, 1.165) is 5.56 Å². The zero-order valence-corrected chi connectivity index (χ0v) is 13.9. The molecule has 120 valence electrons. The first-order chi connectivity index (χ1) is 11.0. The van der Waals surface area contributed by atoms with Gasteiger partial charge in [0.1, 0.15) is 0 Å². The van der Waals surface area contributed by atoms with Crippen LogP contribution in [0.2, 0.25) is 5.02 Å². The molecule has 0 bridgehead atoms. The van der Waals surface area contributed by atoms with Crippen molar-refractivity contribution < 1.29 is 9.59 Å². The van der Waals surface area contributed by atoms with E-state index in [9.17, 15) is 9.59 Å². The van der Waals surface area contributed by atoms with E-state index in [4.69, 9.17) is 11.6 Å². The van der Waals surface area contributed by atoms with Crippen LogP contribution in [0.4, 0.5) is 5.69 Å². The molecule has 0 saturated carbocycles. The van der Waals surface area contributed by atoms with Gasteiger partial charge in [-0.25, -0.2) is 0 Å². The number of rotatable bonds is 5. The van der Waals surface area contributed by atoms with Crippen LogP contribution < -0.4 is 5.32 Å². The van der Waals surface area contributed by atoms with Crippen molar-refractivity contribution in [2.24, 2.45) is 0 Å². The molecule has 0 spiro atoms. The summed E-state index contributed by atoms with van der Waals surface area (Å²) in [6.45, 7) is 0. The molecule has 0 heterocycles. The number of nitrogens with zero attached hydrogens (tertiary/aromatic N) is 1. The molecular formula is C18H19ClN2O2. The van der Waals surface area contributed by atoms with Crippen molar-refractivity contribution in [1.29, 1.82) is 0 Å². The van der Waals surface area contributed by atoms with Crippen LogP contribution in [-0.4, -0.2) is 30.8 Å². The van der Waals surface area contributed by atoms with Crippen molar-refractivity contribution in [2.45, 2.75) is 12.8 Å². The Balaban J connectivity index is 1.87. The average molecular weight is 331 g/mol. The summed E-state index contributed by atoms with van der Waals surface area (Å²) in [6, 6.07) is 14.3. The van der Waals surface area contributed by atoms with Gasteiger partial charge in [0.25, 0.3) is 5.91 Å². The summed E-state index contributed by atoms with van der Waals surface area (Å²) in [5, 5.41) is 3.51. The van der Waals surface area contributed by atoms with E-state index < -0.39 is 0 Å². The normalized spacial score (nSPS) is 10.2. The fourth-order valence-electron chi connectivity index (χ4n) is 2.09. The maximum atomic E-state index is 12.0. The minimum atomic E-state index is -0.0642. The largest absolute Gasteiger partial charge is 0.345 e. The number of benzene rings is 2. The zero-order chi connectivity index (χ0) is 16.8. The summed E-state index contributed by atoms with van der Waals surface area (Å²) in [4.78, 5) is 25.3. The van der Waals surface area contributed by atoms with Crippen LogP contribution in [0.3, 0.4) is 0 Å². The number of aryl methyl sites for hydroxylation is 1. The summed E-state index contributed by atoms with van der Waals surface area (Å²) in [5.74, 6) is -0.128. The lowest BCUT2D eigenvalue weighted by Gasteiger charge is -2.11. The minimum Gasteiger partial charge on any atom is -0.345 e. The first-order valence-corrected chi connectivity index (χ1v) is 7.69. The monoisotopic (exact) mass is 330 g/mol. The summed E-state index contributed by atoms with van der Waals surface area (Å²) >= 11 is 5.83. The van der Waals surface area contributed by atoms with Gasteiger partial charge in [-0.1, -0.05) is 23.7 Å². The van der Waals surface area contributed by atoms with Gasteiger partial charge in [0, 0.05) is 36.8 Å². The number of hydrogen-bond donors (Lipinski definition) is 1. The maximum absolute atomic E-state index is 12.0. The van der Waals surface area contributed by atoms with Gasteiger partial charge >= 0.3 is 0 Å². The second-order valence-corrected chi connectivity index (χ2v) is 5.89. The van der Waals surface area contributed by atoms with Gasteiger partial charge in [-0.15, -0.1) is 0 Å². The van der Waals surface area contributed by atoms with E-state index in [1.165, 1.54) is 4.90 Å². The Morgan fingerprint density at radius 1 is 1.00 bits per heavy atom. The van der Waals surface area contributed by atoms with Gasteiger partial charge in [0.15, 0.2) is 0 Å². The fourth-order valence-corrected chi connectivity index (χ4v) is 2.21. The SMILES string of the molecule is CN(C)C(=O)c1ccc(NC(=O)CCc2ccc(Cl)cc2)cc1. The van der Waals surface area contributed by atoms with Crippen molar-refractivity contribution in [1.82, 2.24) is 4.90 Å². The van der Waals surface area contributed by atoms with Crippen LogP contribution in [0, 0.1) is 0 Å². The second kappa shape index (κ2) is 7.79. The molecular weight excluding hydrogens is 312 g/mol. The highest BCUT2D eigenvalue weighted by Crippen LogP contribution is 2.13. The number of carbonyl (C=O) groups is 2. The maximum Gasteiger partial charge on any atom is 0.253 e. The molecule has 0 aliphatic carbocycles. The Morgan fingerprint density at radius 3 is 2.17 bits per heavy atom. The summed E-state index contributed by atoms with van der Waals surface area (Å²) in [6.07, 6.45) is 1.04. The number of amides is 2. The third-order valence-corrected chi connectivity index (χ3v) is 3.63. The molecule has 0 unspecified atom stereocenters. The minimum absolute atomic E-state index is 0.0633. The molecule has 2 amide bonds. The van der Waals surface area contributed by atoms with E-state index in [1.54, 1.807) is 38.4 Å². The van der Waals surface area contributed by atoms with Gasteiger partial charge in [-0.3, -0.25) is 9.59 Å². The molecule has 0 aromatic heterocycles. The third kappa shape index (κ3) is 5.11. The predicted molar refractivity (Wildman–Crippen MR) is 92.9 cm³/mol. The Kier molecular flexibility index (Phi) is 5.77. The molecule has 0 aliphatic heterocycles. The Bertz CT molecular complexity index is 679. The van der Waals surface area contributed by atoms with Gasteiger partial charge in [0.05, 0.1) is 0 Å². The summed E-state index contributed by atoms with van der Waals surface area (Å²) in [5.41, 5.74) is 2.34. The summed E-state index contributed by atoms with van der Waals surface area (Å²) < 4.78 is 0. The molecule has 0 atom stereocenters. The Hall–Kier alpha value is -2.33. The molecule has 0 radical (unpaired) electrons. The van der Waals surface area contributed by atoms with E-state index in [0.29, 0.717) is 29.1 Å². The molecule has 0 saturated heterocycles. The lowest BCUT2D eigenvalue weighted by molar-refractivity contribution is -0.116. The molecule has 5 heteroatoms. The van der Waals surface area contributed by atoms with E-state index >= 15 is 0 Å². The fraction of sp³-hybridized carbons (Fsp3) is 0.222. The molecule has 0 fully saturated rings. The summed E-state index contributed by atoms with van der Waals surface area (Å²) in [7, 11) is 3.41. The second-order valence-electron chi connectivity index (χ2n) is 5.45. The van der Waals surface area contributed by atoms with Crippen LogP contribution in [0.5, 0.6) is 0 Å². The van der Waals surface area contributed by atoms with E-state index in [-0.39, 0.29) is 11.8 Å². The van der Waals surface area contributed by atoms with Crippen LogP contribution in [0.1, 0.15) is 22.3 Å². The molecule has 2 aromatic rings. The van der Waals surface area contributed by atoms with E-state index in [1.807, 2.05) is 24.3 Å². The first kappa shape index (κ1) is 17.0. The standard InChI is InChI=1S/C18H19ClN2O2/c1-21(2)18(23)14-6-10-16(11-7-14)20-17(22)12-5-13-3-8-15(19)9-4-13/h3-4,6-11H,5,12H2,1-2H3,(H,20,22). The topological polar surface area (TPSA) is 49.4 Å². The smallest absolute Gasteiger partial charge is 0.253 e. The third-order valence-electron chi connectivity index (χ3n) is 3.38. The zero-order valence-electron chi connectivity index (χ0n) is 13.2. The van der Waals surface area contributed by atoms with Crippen LogP contribution >= 0.6 is 11.6 Å². The lowest BCUT2D eigenvalue weighted by Crippen LogP contribution is -2.21. The highest BCUT2D eigenvalue weighted by molar-refractivity contribution is 6.30. The molecule has 2 rings (SSSR count). The molecule has 4 nitrogen and oxygen atoms in total. The lowest BCUT2D eigenvalue weighted by atomic mass is 10.1. The number of halogens is 1. The van der Waals surface area contributed by atoms with Crippen molar-refractivity contribution in [2.75, 3.05) is 19.4 Å². The van der Waals surface area contributed by atoms with Gasteiger partial charge in [0.2, 0.25) is 5.91 Å². The Labute approximate surface area is 141 Å². The number of carbonyl (C=O) groups excluding carboxylic acids is 2. The number of nitrogens with one attached hydrogen (secondary N) is 1. The van der Waals surface area contributed by atoms with Crippen molar-refractivity contribution in [3.8, 4) is 0 Å². The quantitative estimate of drug-likeness (QED) is 0.910. The van der Waals surface area contributed by atoms with Gasteiger partial charge < -0.3 is 10.2 Å². The highest BCUT2D eigenvalue weighted by Gasteiger charge is 2.08. The van der Waals surface area contributed by atoms with Crippen molar-refractivity contribution in [3.05, 3.63) is 64.7 Å². The Morgan fingerprint density at radius 2 is 1.61 bits per heavy atom.